The van der Waals surface area contributed by atoms with Crippen molar-refractivity contribution in [3.63, 3.8) is 0 Å². The van der Waals surface area contributed by atoms with Crippen LogP contribution in [0.25, 0.3) is 0 Å². The minimum atomic E-state index is -1.03. The molecule has 0 spiro atoms. The van der Waals surface area contributed by atoms with Gasteiger partial charge in [0.05, 0.1) is 25.4 Å². The molecule has 1 saturated heterocycles. The summed E-state index contributed by atoms with van der Waals surface area (Å²) in [5, 5.41) is 4.25. The fourth-order valence-corrected chi connectivity index (χ4v) is 5.12. The van der Waals surface area contributed by atoms with Crippen LogP contribution in [0.2, 0.25) is 0 Å². The molecule has 3 heterocycles. The maximum Gasteiger partial charge on any atom is 0.276 e. The summed E-state index contributed by atoms with van der Waals surface area (Å²) in [4.78, 5) is 27.3. The Kier molecular flexibility index (Phi) is 5.19. The molecule has 0 bridgehead atoms. The van der Waals surface area contributed by atoms with Gasteiger partial charge in [0, 0.05) is 18.0 Å². The Hall–Kier alpha value is -3.62. The summed E-state index contributed by atoms with van der Waals surface area (Å²) in [6, 6.07) is 8.37. The third kappa shape index (κ3) is 3.30. The molecule has 2 aliphatic heterocycles. The zero-order valence-corrected chi connectivity index (χ0v) is 17.7. The van der Waals surface area contributed by atoms with Crippen molar-refractivity contribution in [2.24, 2.45) is 0 Å². The minimum absolute atomic E-state index is 0.0305. The van der Waals surface area contributed by atoms with Gasteiger partial charge >= 0.3 is 0 Å². The molecule has 1 fully saturated rings. The fourth-order valence-electron chi connectivity index (χ4n) is 5.12. The lowest BCUT2D eigenvalue weighted by molar-refractivity contribution is 0.0563. The average Bonchev–Trinajstić information content (AvgIpc) is 3.30. The summed E-state index contributed by atoms with van der Waals surface area (Å²) in [5.74, 6) is -3.87. The number of rotatable bonds is 4. The van der Waals surface area contributed by atoms with Crippen molar-refractivity contribution in [3.05, 3.63) is 93.2 Å². The molecule has 33 heavy (non-hydrogen) atoms. The van der Waals surface area contributed by atoms with Gasteiger partial charge in [-0.25, -0.2) is 13.2 Å². The van der Waals surface area contributed by atoms with Crippen molar-refractivity contribution in [2.45, 2.75) is 30.8 Å². The van der Waals surface area contributed by atoms with Gasteiger partial charge in [-0.05, 0) is 36.6 Å². The van der Waals surface area contributed by atoms with Crippen molar-refractivity contribution in [3.8, 4) is 5.75 Å². The third-order valence-corrected chi connectivity index (χ3v) is 6.50. The number of aromatic nitrogens is 2. The van der Waals surface area contributed by atoms with Crippen molar-refractivity contribution >= 4 is 5.91 Å². The maximum absolute atomic E-state index is 15.1. The van der Waals surface area contributed by atoms with Crippen LogP contribution in [-0.2, 0) is 0 Å². The first-order valence-electron chi connectivity index (χ1n) is 10.6. The molecule has 1 unspecified atom stereocenters. The van der Waals surface area contributed by atoms with E-state index in [1.165, 1.54) is 48.2 Å². The van der Waals surface area contributed by atoms with Crippen molar-refractivity contribution in [1.82, 2.24) is 14.7 Å². The van der Waals surface area contributed by atoms with Crippen LogP contribution >= 0.6 is 0 Å². The van der Waals surface area contributed by atoms with Crippen molar-refractivity contribution in [1.29, 1.82) is 0 Å². The van der Waals surface area contributed by atoms with Gasteiger partial charge in [0.2, 0.25) is 5.43 Å². The standard InChI is InChI=1S/C24H20F3N3O3/c1-33-23-18(31)12-28-30-21(17-6-3-11-29(17)24(32)22(23)30)19(13-7-9-14(25)10-8-13)15-4-2-5-16(26)20(15)27/h2,4-5,7-10,12,17,19,21H,3,6,11H2,1H3/t17-,19?,21-/m1/s1. The number of nitrogens with zero attached hydrogens (tertiary/aromatic N) is 3. The topological polar surface area (TPSA) is 64.4 Å². The van der Waals surface area contributed by atoms with E-state index in [4.69, 9.17) is 4.74 Å². The van der Waals surface area contributed by atoms with E-state index in [9.17, 15) is 18.4 Å². The van der Waals surface area contributed by atoms with Crippen LogP contribution in [0.4, 0.5) is 13.2 Å². The summed E-state index contributed by atoms with van der Waals surface area (Å²) in [6.07, 6.45) is 2.37. The van der Waals surface area contributed by atoms with E-state index < -0.39 is 40.7 Å². The first kappa shape index (κ1) is 21.2. The van der Waals surface area contributed by atoms with Gasteiger partial charge in [-0.1, -0.05) is 24.3 Å². The Morgan fingerprint density at radius 3 is 2.58 bits per heavy atom. The molecule has 170 valence electrons. The van der Waals surface area contributed by atoms with E-state index >= 15 is 4.39 Å². The van der Waals surface area contributed by atoms with Gasteiger partial charge in [0.15, 0.2) is 23.1 Å². The fraction of sp³-hybridized carbons (Fsp3) is 0.292. The van der Waals surface area contributed by atoms with Crippen LogP contribution in [0.3, 0.4) is 0 Å². The van der Waals surface area contributed by atoms with E-state index in [1.54, 1.807) is 4.90 Å². The average molecular weight is 455 g/mol. The second kappa shape index (κ2) is 8.06. The van der Waals surface area contributed by atoms with Gasteiger partial charge < -0.3 is 9.64 Å². The highest BCUT2D eigenvalue weighted by atomic mass is 19.2. The number of carbonyl (C=O) groups excluding carboxylic acids is 1. The minimum Gasteiger partial charge on any atom is -0.491 e. The van der Waals surface area contributed by atoms with Gasteiger partial charge in [-0.15, -0.1) is 0 Å². The molecule has 2 aromatic carbocycles. The highest BCUT2D eigenvalue weighted by Gasteiger charge is 2.48. The van der Waals surface area contributed by atoms with Crippen LogP contribution in [0.15, 0.2) is 53.5 Å². The summed E-state index contributed by atoms with van der Waals surface area (Å²) < 4.78 is 49.8. The first-order valence-corrected chi connectivity index (χ1v) is 10.6. The molecular weight excluding hydrogens is 435 g/mol. The number of amides is 1. The Labute approximate surface area is 187 Å². The number of hydrogen-bond acceptors (Lipinski definition) is 4. The molecule has 3 aromatic rings. The smallest absolute Gasteiger partial charge is 0.276 e. The molecule has 1 amide bonds. The predicted octanol–water partition coefficient (Wildman–Crippen LogP) is 3.66. The normalized spacial score (nSPS) is 20.4. The molecule has 0 saturated carbocycles. The number of halogens is 3. The second-order valence-electron chi connectivity index (χ2n) is 8.21. The number of fused-ring (bicyclic) bond motifs is 2. The summed E-state index contributed by atoms with van der Waals surface area (Å²) >= 11 is 0. The largest absolute Gasteiger partial charge is 0.491 e. The lowest BCUT2D eigenvalue weighted by Crippen LogP contribution is -2.51. The van der Waals surface area contributed by atoms with Gasteiger partial charge in [-0.2, -0.15) is 5.10 Å². The van der Waals surface area contributed by atoms with Crippen LogP contribution in [0.5, 0.6) is 5.75 Å². The summed E-state index contributed by atoms with van der Waals surface area (Å²) in [5.41, 5.74) is -0.00317. The number of benzene rings is 2. The summed E-state index contributed by atoms with van der Waals surface area (Å²) in [6.45, 7) is 0.452. The zero-order valence-electron chi connectivity index (χ0n) is 17.7. The van der Waals surface area contributed by atoms with Gasteiger partial charge in [0.1, 0.15) is 5.82 Å². The number of ether oxygens (including phenoxy) is 1. The van der Waals surface area contributed by atoms with Crippen LogP contribution < -0.4 is 10.2 Å². The van der Waals surface area contributed by atoms with Crippen LogP contribution in [0, 0.1) is 17.5 Å². The lowest BCUT2D eigenvalue weighted by Gasteiger charge is -2.42. The Balaban J connectivity index is 1.81. The molecule has 2 aliphatic rings. The van der Waals surface area contributed by atoms with Crippen LogP contribution in [-0.4, -0.2) is 40.3 Å². The molecule has 0 N–H and O–H groups in total. The Bertz CT molecular complexity index is 1290. The molecule has 0 aliphatic carbocycles. The lowest BCUT2D eigenvalue weighted by atomic mass is 9.79. The molecule has 0 radical (unpaired) electrons. The van der Waals surface area contributed by atoms with Crippen molar-refractivity contribution in [2.75, 3.05) is 13.7 Å². The first-order chi connectivity index (χ1) is 15.9. The van der Waals surface area contributed by atoms with Crippen molar-refractivity contribution < 1.29 is 22.7 Å². The molecule has 6 nitrogen and oxygen atoms in total. The molecule has 9 heteroatoms. The van der Waals surface area contributed by atoms with Gasteiger partial charge in [-0.3, -0.25) is 14.3 Å². The van der Waals surface area contributed by atoms with E-state index in [2.05, 4.69) is 5.10 Å². The highest BCUT2D eigenvalue weighted by Crippen LogP contribution is 2.46. The Morgan fingerprint density at radius 2 is 1.85 bits per heavy atom. The zero-order chi connectivity index (χ0) is 23.3. The number of methoxy groups -OCH3 is 1. The van der Waals surface area contributed by atoms with E-state index in [0.717, 1.165) is 12.3 Å². The van der Waals surface area contributed by atoms with Gasteiger partial charge in [0.25, 0.3) is 5.91 Å². The Morgan fingerprint density at radius 1 is 1.09 bits per heavy atom. The highest BCUT2D eigenvalue weighted by molar-refractivity contribution is 5.96. The van der Waals surface area contributed by atoms with E-state index in [0.29, 0.717) is 24.9 Å². The second-order valence-corrected chi connectivity index (χ2v) is 8.21. The quantitative estimate of drug-likeness (QED) is 0.603. The summed E-state index contributed by atoms with van der Waals surface area (Å²) in [7, 11) is 1.29. The molecule has 3 atom stereocenters. The number of carbonyl (C=O) groups is 1. The SMILES string of the molecule is COc1c2n(ncc1=O)[C@@H](C(c1ccc(F)cc1)c1cccc(F)c1F)[C@H]1CCCN1C2=O. The maximum atomic E-state index is 15.1. The van der Waals surface area contributed by atoms with E-state index in [1.807, 2.05) is 0 Å². The van der Waals surface area contributed by atoms with Crippen LogP contribution in [0.1, 0.15) is 46.4 Å². The molecule has 1 aromatic heterocycles. The predicted molar refractivity (Wildman–Crippen MR) is 113 cm³/mol. The monoisotopic (exact) mass is 455 g/mol. The van der Waals surface area contributed by atoms with E-state index in [-0.39, 0.29) is 23.0 Å². The third-order valence-electron chi connectivity index (χ3n) is 6.50. The molecule has 5 rings (SSSR count). The molecular formula is C24H20F3N3O3. The number of hydrogen-bond donors (Lipinski definition) is 0.